The molecule has 2 aromatic rings. The second kappa shape index (κ2) is 3.17. The summed E-state index contributed by atoms with van der Waals surface area (Å²) in [5.74, 6) is 0. The summed E-state index contributed by atoms with van der Waals surface area (Å²) in [4.78, 5) is 5.09. The molecule has 0 fully saturated rings. The van der Waals surface area contributed by atoms with Gasteiger partial charge in [-0.1, -0.05) is 11.3 Å². The van der Waals surface area contributed by atoms with Crippen molar-refractivity contribution >= 4 is 28.7 Å². The molecule has 4 nitrogen and oxygen atoms in total. The van der Waals surface area contributed by atoms with Crippen LogP contribution < -0.4 is 5.73 Å². The topological polar surface area (TPSA) is 56.2 Å². The fraction of sp³-hybridized carbons (Fsp3) is 0.200. The lowest BCUT2D eigenvalue weighted by Gasteiger charge is -1.79. The van der Waals surface area contributed by atoms with Crippen molar-refractivity contribution in [3.63, 3.8) is 0 Å². The molecule has 0 saturated heterocycles. The normalized spacial score (nSPS) is 9.91. The van der Waals surface area contributed by atoms with Crippen molar-refractivity contribution in [3.8, 4) is 0 Å². The van der Waals surface area contributed by atoms with E-state index in [9.17, 15) is 0 Å². The van der Waals surface area contributed by atoms with Gasteiger partial charge in [0.15, 0.2) is 0 Å². The molecular formula is C5H7ClN4S. The summed E-state index contributed by atoms with van der Waals surface area (Å²) in [7, 11) is 0. The number of nitrogens with zero attached hydrogens (tertiary/aromatic N) is 3. The van der Waals surface area contributed by atoms with Crippen molar-refractivity contribution in [2.75, 3.05) is 0 Å². The Bertz CT molecular complexity index is 312. The van der Waals surface area contributed by atoms with Crippen LogP contribution in [-0.2, 0) is 6.54 Å². The summed E-state index contributed by atoms with van der Waals surface area (Å²) in [5.41, 5.74) is 8.01. The molecule has 0 aromatic carbocycles. The Morgan fingerprint density at radius 2 is 2.45 bits per heavy atom. The summed E-state index contributed by atoms with van der Waals surface area (Å²) in [6.07, 6.45) is 1.84. The van der Waals surface area contributed by atoms with Gasteiger partial charge in [0.2, 0.25) is 4.96 Å². The second-order valence-corrected chi connectivity index (χ2v) is 2.71. The lowest BCUT2D eigenvalue weighted by atomic mass is 10.5. The number of imidazole rings is 1. The molecule has 0 aliphatic rings. The van der Waals surface area contributed by atoms with Crippen LogP contribution in [0.5, 0.6) is 0 Å². The highest BCUT2D eigenvalue weighted by molar-refractivity contribution is 7.14. The molecule has 0 aliphatic carbocycles. The van der Waals surface area contributed by atoms with Crippen LogP contribution in [0.2, 0.25) is 0 Å². The van der Waals surface area contributed by atoms with E-state index in [0.29, 0.717) is 6.54 Å². The predicted molar refractivity (Wildman–Crippen MR) is 46.0 cm³/mol. The summed E-state index contributed by atoms with van der Waals surface area (Å²) < 4.78 is 1.73. The monoisotopic (exact) mass is 190 g/mol. The van der Waals surface area contributed by atoms with E-state index in [1.54, 1.807) is 10.0 Å². The van der Waals surface area contributed by atoms with Gasteiger partial charge in [-0.25, -0.2) is 9.50 Å². The van der Waals surface area contributed by atoms with Gasteiger partial charge in [-0.15, -0.1) is 12.4 Å². The van der Waals surface area contributed by atoms with E-state index in [0.717, 1.165) is 10.7 Å². The molecule has 2 aromatic heterocycles. The number of hydrogen-bond acceptors (Lipinski definition) is 4. The molecule has 0 radical (unpaired) electrons. The summed E-state index contributed by atoms with van der Waals surface area (Å²) in [6, 6.07) is 0. The lowest BCUT2D eigenvalue weighted by Crippen LogP contribution is -1.95. The number of halogens is 1. The second-order valence-electron chi connectivity index (χ2n) is 1.90. The van der Waals surface area contributed by atoms with Crippen LogP contribution in [0, 0.1) is 0 Å². The molecule has 0 unspecified atom stereocenters. The van der Waals surface area contributed by atoms with E-state index in [4.69, 9.17) is 5.73 Å². The zero-order valence-electron chi connectivity index (χ0n) is 5.60. The first-order chi connectivity index (χ1) is 4.90. The van der Waals surface area contributed by atoms with Crippen LogP contribution in [0.25, 0.3) is 4.96 Å². The first-order valence-corrected chi connectivity index (χ1v) is 3.76. The van der Waals surface area contributed by atoms with E-state index in [-0.39, 0.29) is 12.4 Å². The van der Waals surface area contributed by atoms with Gasteiger partial charge in [-0.2, -0.15) is 5.10 Å². The molecule has 0 aliphatic heterocycles. The molecule has 6 heteroatoms. The molecular weight excluding hydrogens is 184 g/mol. The number of fused-ring (bicyclic) bond motifs is 1. The third kappa shape index (κ3) is 1.35. The molecule has 11 heavy (non-hydrogen) atoms. The summed E-state index contributed by atoms with van der Waals surface area (Å²) in [6.45, 7) is 0.482. The zero-order valence-corrected chi connectivity index (χ0v) is 7.23. The maximum Gasteiger partial charge on any atom is 0.212 e. The van der Waals surface area contributed by atoms with E-state index in [2.05, 4.69) is 10.1 Å². The molecule has 0 atom stereocenters. The van der Waals surface area contributed by atoms with E-state index < -0.39 is 0 Å². The molecule has 2 N–H and O–H groups in total. The highest BCUT2D eigenvalue weighted by atomic mass is 35.5. The molecule has 0 amide bonds. The minimum Gasteiger partial charge on any atom is -0.325 e. The van der Waals surface area contributed by atoms with Crippen LogP contribution in [0.1, 0.15) is 5.69 Å². The van der Waals surface area contributed by atoms with Crippen LogP contribution in [-0.4, -0.2) is 14.6 Å². The van der Waals surface area contributed by atoms with E-state index >= 15 is 0 Å². The van der Waals surface area contributed by atoms with Crippen LogP contribution >= 0.6 is 23.7 Å². The van der Waals surface area contributed by atoms with Gasteiger partial charge in [0.1, 0.15) is 5.51 Å². The minimum absolute atomic E-state index is 0. The average Bonchev–Trinajstić information content (AvgIpc) is 2.42. The highest BCUT2D eigenvalue weighted by Crippen LogP contribution is 2.07. The number of aromatic nitrogens is 3. The highest BCUT2D eigenvalue weighted by Gasteiger charge is 1.99. The SMILES string of the molecule is Cl.NCc1cn2ncsc2n1. The van der Waals surface area contributed by atoms with Gasteiger partial charge in [-0.3, -0.25) is 0 Å². The number of nitrogens with two attached hydrogens (primary N) is 1. The molecule has 60 valence electrons. The maximum absolute atomic E-state index is 5.37. The van der Waals surface area contributed by atoms with Crippen LogP contribution in [0.15, 0.2) is 11.7 Å². The third-order valence-corrected chi connectivity index (χ3v) is 1.93. The van der Waals surface area contributed by atoms with Crippen molar-refractivity contribution < 1.29 is 0 Å². The van der Waals surface area contributed by atoms with E-state index in [1.807, 2.05) is 6.20 Å². The maximum atomic E-state index is 5.37. The predicted octanol–water partition coefficient (Wildman–Crippen LogP) is 0.671. The first-order valence-electron chi connectivity index (χ1n) is 2.88. The molecule has 0 spiro atoms. The van der Waals surface area contributed by atoms with Crippen molar-refractivity contribution in [3.05, 3.63) is 17.4 Å². The Morgan fingerprint density at radius 3 is 3.09 bits per heavy atom. The van der Waals surface area contributed by atoms with Crippen LogP contribution in [0.4, 0.5) is 0 Å². The van der Waals surface area contributed by atoms with Crippen molar-refractivity contribution in [2.24, 2.45) is 5.73 Å². The van der Waals surface area contributed by atoms with Crippen molar-refractivity contribution in [1.82, 2.24) is 14.6 Å². The molecule has 0 bridgehead atoms. The minimum atomic E-state index is 0. The molecule has 2 rings (SSSR count). The Labute approximate surface area is 73.5 Å². The van der Waals surface area contributed by atoms with Crippen molar-refractivity contribution in [2.45, 2.75) is 6.54 Å². The Hall–Kier alpha value is -0.650. The quantitative estimate of drug-likeness (QED) is 0.719. The fourth-order valence-corrected chi connectivity index (χ4v) is 1.40. The third-order valence-electron chi connectivity index (χ3n) is 1.25. The summed E-state index contributed by atoms with van der Waals surface area (Å²) >= 11 is 1.51. The Kier molecular flexibility index (Phi) is 2.43. The molecule has 0 saturated carbocycles. The largest absolute Gasteiger partial charge is 0.325 e. The Morgan fingerprint density at radius 1 is 1.64 bits per heavy atom. The van der Waals surface area contributed by atoms with Gasteiger partial charge in [0.25, 0.3) is 0 Å². The molecule has 2 heterocycles. The average molecular weight is 191 g/mol. The van der Waals surface area contributed by atoms with Gasteiger partial charge in [-0.05, 0) is 0 Å². The van der Waals surface area contributed by atoms with Crippen molar-refractivity contribution in [1.29, 1.82) is 0 Å². The van der Waals surface area contributed by atoms with E-state index in [1.165, 1.54) is 11.3 Å². The lowest BCUT2D eigenvalue weighted by molar-refractivity contribution is 0.956. The van der Waals surface area contributed by atoms with Gasteiger partial charge >= 0.3 is 0 Å². The number of rotatable bonds is 1. The van der Waals surface area contributed by atoms with Gasteiger partial charge < -0.3 is 5.73 Å². The standard InChI is InChI=1S/C5H6N4S.ClH/c6-1-4-2-9-5(8-4)10-3-7-9;/h2-3H,1,6H2;1H. The fourth-order valence-electron chi connectivity index (χ4n) is 0.782. The van der Waals surface area contributed by atoms with Crippen LogP contribution in [0.3, 0.4) is 0 Å². The first kappa shape index (κ1) is 8.45. The summed E-state index contributed by atoms with van der Waals surface area (Å²) in [5, 5.41) is 4.00. The number of hydrogen-bond donors (Lipinski definition) is 1. The van der Waals surface area contributed by atoms with Gasteiger partial charge in [0.05, 0.1) is 11.9 Å². The Balaban J connectivity index is 0.000000605. The van der Waals surface area contributed by atoms with Gasteiger partial charge in [0, 0.05) is 6.54 Å². The zero-order chi connectivity index (χ0) is 6.97. The smallest absolute Gasteiger partial charge is 0.212 e.